The SMILES string of the molecule is O=C(O[C@@H]1CCCCC1=O)c1ccc([N+](=O)[O-])o1. The first-order valence-corrected chi connectivity index (χ1v) is 5.56. The maximum absolute atomic E-state index is 11.6. The second-order valence-electron chi connectivity index (χ2n) is 4.00. The number of hydrogen-bond acceptors (Lipinski definition) is 6. The number of furan rings is 1. The van der Waals surface area contributed by atoms with Crippen LogP contribution in [0.1, 0.15) is 36.2 Å². The zero-order valence-corrected chi connectivity index (χ0v) is 9.46. The lowest BCUT2D eigenvalue weighted by atomic mass is 9.96. The quantitative estimate of drug-likeness (QED) is 0.463. The predicted octanol–water partition coefficient (Wildman–Crippen LogP) is 1.86. The van der Waals surface area contributed by atoms with Crippen molar-refractivity contribution in [3.05, 3.63) is 28.0 Å². The molecule has 0 aromatic carbocycles. The number of carbonyl (C=O) groups excluding carboxylic acids is 2. The van der Waals surface area contributed by atoms with Crippen molar-refractivity contribution < 1.29 is 23.7 Å². The van der Waals surface area contributed by atoms with E-state index in [0.717, 1.165) is 25.0 Å². The van der Waals surface area contributed by atoms with Gasteiger partial charge in [-0.2, -0.15) is 0 Å². The Balaban J connectivity index is 2.02. The molecule has 0 saturated heterocycles. The van der Waals surface area contributed by atoms with Crippen LogP contribution >= 0.6 is 0 Å². The van der Waals surface area contributed by atoms with Crippen molar-refractivity contribution in [2.24, 2.45) is 0 Å². The van der Waals surface area contributed by atoms with Crippen LogP contribution in [-0.4, -0.2) is 22.8 Å². The largest absolute Gasteiger partial charge is 0.449 e. The molecule has 1 aliphatic rings. The monoisotopic (exact) mass is 253 g/mol. The van der Waals surface area contributed by atoms with Crippen molar-refractivity contribution in [2.45, 2.75) is 31.8 Å². The Hall–Kier alpha value is -2.18. The lowest BCUT2D eigenvalue weighted by molar-refractivity contribution is -0.402. The number of Topliss-reactive ketones (excluding diaryl/α,β-unsaturated/α-hetero) is 1. The first-order chi connectivity index (χ1) is 8.58. The summed E-state index contributed by atoms with van der Waals surface area (Å²) in [6.45, 7) is 0. The standard InChI is InChI=1S/C11H11NO6/c13-7-3-1-2-4-8(7)18-11(14)9-5-6-10(17-9)12(15)16/h5-6,8H,1-4H2/t8-/m1/s1. The van der Waals surface area contributed by atoms with Crippen molar-refractivity contribution in [1.29, 1.82) is 0 Å². The summed E-state index contributed by atoms with van der Waals surface area (Å²) in [5, 5.41) is 10.4. The minimum atomic E-state index is -0.844. The van der Waals surface area contributed by atoms with Gasteiger partial charge in [0, 0.05) is 6.42 Å². The molecular weight excluding hydrogens is 242 g/mol. The highest BCUT2D eigenvalue weighted by atomic mass is 16.7. The summed E-state index contributed by atoms with van der Waals surface area (Å²) in [5.74, 6) is -1.75. The predicted molar refractivity (Wildman–Crippen MR) is 58.0 cm³/mol. The Bertz CT molecular complexity index is 491. The Morgan fingerprint density at radius 2 is 2.22 bits per heavy atom. The van der Waals surface area contributed by atoms with Crippen molar-refractivity contribution >= 4 is 17.6 Å². The van der Waals surface area contributed by atoms with E-state index < -0.39 is 22.9 Å². The maximum atomic E-state index is 11.6. The van der Waals surface area contributed by atoms with Gasteiger partial charge in [-0.05, 0) is 25.3 Å². The molecule has 18 heavy (non-hydrogen) atoms. The number of nitrogens with zero attached hydrogens (tertiary/aromatic N) is 1. The van der Waals surface area contributed by atoms with Gasteiger partial charge in [-0.3, -0.25) is 14.9 Å². The van der Waals surface area contributed by atoms with Crippen molar-refractivity contribution in [3.8, 4) is 0 Å². The van der Waals surface area contributed by atoms with E-state index >= 15 is 0 Å². The molecule has 0 N–H and O–H groups in total. The summed E-state index contributed by atoms with van der Waals surface area (Å²) in [6.07, 6.45) is 1.76. The molecule has 1 atom stereocenters. The normalized spacial score (nSPS) is 19.6. The van der Waals surface area contributed by atoms with Gasteiger partial charge in [-0.1, -0.05) is 0 Å². The van der Waals surface area contributed by atoms with E-state index in [1.54, 1.807) is 0 Å². The molecule has 1 heterocycles. The zero-order chi connectivity index (χ0) is 13.1. The third kappa shape index (κ3) is 2.55. The molecule has 0 aliphatic heterocycles. The van der Waals surface area contributed by atoms with Crippen LogP contribution in [0.2, 0.25) is 0 Å². The van der Waals surface area contributed by atoms with Gasteiger partial charge in [0.05, 0.1) is 6.07 Å². The number of rotatable bonds is 3. The Morgan fingerprint density at radius 1 is 1.44 bits per heavy atom. The molecule has 0 amide bonds. The second kappa shape index (κ2) is 4.99. The molecule has 1 fully saturated rings. The molecule has 0 radical (unpaired) electrons. The minimum absolute atomic E-state index is 0.115. The van der Waals surface area contributed by atoms with E-state index in [4.69, 9.17) is 9.15 Å². The number of ketones is 1. The zero-order valence-electron chi connectivity index (χ0n) is 9.46. The summed E-state index contributed by atoms with van der Waals surface area (Å²) in [6, 6.07) is 2.23. The summed E-state index contributed by atoms with van der Waals surface area (Å²) in [5.41, 5.74) is 0. The number of ether oxygens (including phenoxy) is 1. The van der Waals surface area contributed by atoms with Crippen molar-refractivity contribution in [3.63, 3.8) is 0 Å². The van der Waals surface area contributed by atoms with E-state index in [0.29, 0.717) is 12.8 Å². The molecule has 2 rings (SSSR count). The number of esters is 1. The maximum Gasteiger partial charge on any atom is 0.433 e. The molecule has 0 unspecified atom stereocenters. The second-order valence-corrected chi connectivity index (χ2v) is 4.00. The van der Waals surface area contributed by atoms with Gasteiger partial charge < -0.3 is 9.15 Å². The molecule has 7 nitrogen and oxygen atoms in total. The van der Waals surface area contributed by atoms with Crippen LogP contribution in [0.25, 0.3) is 0 Å². The fourth-order valence-electron chi connectivity index (χ4n) is 1.80. The average molecular weight is 253 g/mol. The molecule has 1 aromatic rings. The van der Waals surface area contributed by atoms with Crippen LogP contribution in [0.5, 0.6) is 0 Å². The topological polar surface area (TPSA) is 99.7 Å². The molecule has 96 valence electrons. The highest BCUT2D eigenvalue weighted by Gasteiger charge is 2.28. The third-order valence-electron chi connectivity index (χ3n) is 2.72. The summed E-state index contributed by atoms with van der Waals surface area (Å²) in [7, 11) is 0. The molecule has 1 aliphatic carbocycles. The van der Waals surface area contributed by atoms with Gasteiger partial charge in [0.25, 0.3) is 0 Å². The number of hydrogen-bond donors (Lipinski definition) is 0. The lowest BCUT2D eigenvalue weighted by Crippen LogP contribution is -2.30. The fraction of sp³-hybridized carbons (Fsp3) is 0.455. The van der Waals surface area contributed by atoms with E-state index in [-0.39, 0.29) is 11.5 Å². The van der Waals surface area contributed by atoms with E-state index in [9.17, 15) is 19.7 Å². The first kappa shape index (κ1) is 12.3. The first-order valence-electron chi connectivity index (χ1n) is 5.56. The molecule has 7 heteroatoms. The van der Waals surface area contributed by atoms with Crippen LogP contribution in [0.3, 0.4) is 0 Å². The van der Waals surface area contributed by atoms with Gasteiger partial charge in [0.2, 0.25) is 5.76 Å². The van der Waals surface area contributed by atoms with Crippen LogP contribution in [0.4, 0.5) is 5.88 Å². The van der Waals surface area contributed by atoms with E-state index in [1.807, 2.05) is 0 Å². The minimum Gasteiger partial charge on any atom is -0.449 e. The Labute approximate surface area is 102 Å². The summed E-state index contributed by atoms with van der Waals surface area (Å²) in [4.78, 5) is 32.7. The van der Waals surface area contributed by atoms with Gasteiger partial charge in [-0.25, -0.2) is 4.79 Å². The van der Waals surface area contributed by atoms with Crippen LogP contribution in [-0.2, 0) is 9.53 Å². The van der Waals surface area contributed by atoms with E-state index in [1.165, 1.54) is 0 Å². The molecule has 0 spiro atoms. The summed E-state index contributed by atoms with van der Waals surface area (Å²) < 4.78 is 9.68. The number of carbonyl (C=O) groups is 2. The van der Waals surface area contributed by atoms with Gasteiger partial charge in [0.15, 0.2) is 11.9 Å². The average Bonchev–Trinajstić information content (AvgIpc) is 2.81. The lowest BCUT2D eigenvalue weighted by Gasteiger charge is -2.19. The van der Waals surface area contributed by atoms with Crippen LogP contribution in [0.15, 0.2) is 16.5 Å². The summed E-state index contributed by atoms with van der Waals surface area (Å²) >= 11 is 0. The number of nitro groups is 1. The van der Waals surface area contributed by atoms with E-state index in [2.05, 4.69) is 0 Å². The van der Waals surface area contributed by atoms with Crippen molar-refractivity contribution in [2.75, 3.05) is 0 Å². The molecule has 1 aromatic heterocycles. The highest BCUT2D eigenvalue weighted by Crippen LogP contribution is 2.21. The smallest absolute Gasteiger partial charge is 0.433 e. The molecule has 0 bridgehead atoms. The molecule has 1 saturated carbocycles. The Morgan fingerprint density at radius 3 is 2.83 bits per heavy atom. The van der Waals surface area contributed by atoms with Gasteiger partial charge in [0.1, 0.15) is 4.92 Å². The third-order valence-corrected chi connectivity index (χ3v) is 2.72. The van der Waals surface area contributed by atoms with Crippen LogP contribution in [0, 0.1) is 10.1 Å². The fourth-order valence-corrected chi connectivity index (χ4v) is 1.80. The Kier molecular flexibility index (Phi) is 3.40. The van der Waals surface area contributed by atoms with Crippen molar-refractivity contribution in [1.82, 2.24) is 0 Å². The highest BCUT2D eigenvalue weighted by molar-refractivity contribution is 5.91. The van der Waals surface area contributed by atoms with Gasteiger partial charge in [-0.15, -0.1) is 0 Å². The van der Waals surface area contributed by atoms with Gasteiger partial charge >= 0.3 is 11.9 Å². The van der Waals surface area contributed by atoms with Crippen LogP contribution < -0.4 is 0 Å². The molecular formula is C11H11NO6.